The van der Waals surface area contributed by atoms with Gasteiger partial charge in [0.05, 0.1) is 25.8 Å². The number of anilines is 1. The fourth-order valence-electron chi connectivity index (χ4n) is 3.25. The first-order valence-corrected chi connectivity index (χ1v) is 8.75. The van der Waals surface area contributed by atoms with Crippen LogP contribution in [0.3, 0.4) is 0 Å². The molecule has 144 valence electrons. The molecule has 1 aliphatic heterocycles. The largest absolute Gasteiger partial charge is 0.497 e. The predicted octanol–water partition coefficient (Wildman–Crippen LogP) is 1.53. The lowest BCUT2D eigenvalue weighted by Crippen LogP contribution is -2.39. The summed E-state index contributed by atoms with van der Waals surface area (Å²) in [6.07, 6.45) is 3.71. The molecule has 1 atom stereocenters. The van der Waals surface area contributed by atoms with Crippen molar-refractivity contribution >= 4 is 17.5 Å². The first-order chi connectivity index (χ1) is 13.0. The van der Waals surface area contributed by atoms with Crippen LogP contribution in [-0.4, -0.2) is 53.9 Å². The van der Waals surface area contributed by atoms with Gasteiger partial charge in [0.1, 0.15) is 5.75 Å². The number of rotatable bonds is 7. The molecule has 1 N–H and O–H groups in total. The predicted molar refractivity (Wildman–Crippen MR) is 99.5 cm³/mol. The first kappa shape index (κ1) is 18.9. The van der Waals surface area contributed by atoms with Crippen LogP contribution >= 0.6 is 0 Å². The number of hydrogen-bond donors (Lipinski definition) is 1. The molecule has 0 saturated carbocycles. The minimum atomic E-state index is -0.558. The van der Waals surface area contributed by atoms with Gasteiger partial charge in [-0.25, -0.2) is 0 Å². The van der Waals surface area contributed by atoms with Gasteiger partial charge in [-0.1, -0.05) is 0 Å². The lowest BCUT2D eigenvalue weighted by atomic mass is 9.89. The summed E-state index contributed by atoms with van der Waals surface area (Å²) in [6.45, 7) is 1.25. The molecule has 1 unspecified atom stereocenters. The zero-order chi connectivity index (χ0) is 19.4. The van der Waals surface area contributed by atoms with E-state index in [2.05, 4.69) is 10.4 Å². The Morgan fingerprint density at radius 2 is 2.22 bits per heavy atom. The lowest BCUT2D eigenvalue weighted by molar-refractivity contribution is -0.136. The number of ether oxygens (including phenoxy) is 2. The Hall–Kier alpha value is -2.87. The number of aromatic nitrogens is 2. The van der Waals surface area contributed by atoms with E-state index in [0.29, 0.717) is 31.1 Å². The number of methoxy groups -OCH3 is 2. The molecule has 2 amide bonds. The maximum absolute atomic E-state index is 13.3. The molecule has 0 bridgehead atoms. The number of hydrogen-bond acceptors (Lipinski definition) is 5. The van der Waals surface area contributed by atoms with Crippen LogP contribution in [-0.2, 0) is 27.9 Å². The average molecular weight is 372 g/mol. The van der Waals surface area contributed by atoms with Crippen molar-refractivity contribution in [1.29, 1.82) is 0 Å². The molecule has 0 radical (unpaired) electrons. The minimum Gasteiger partial charge on any atom is -0.497 e. The van der Waals surface area contributed by atoms with E-state index in [0.717, 1.165) is 11.1 Å². The summed E-state index contributed by atoms with van der Waals surface area (Å²) in [5.74, 6) is -0.185. The summed E-state index contributed by atoms with van der Waals surface area (Å²) in [5.41, 5.74) is 2.35. The van der Waals surface area contributed by atoms with E-state index in [-0.39, 0.29) is 18.2 Å². The Morgan fingerprint density at radius 3 is 2.89 bits per heavy atom. The summed E-state index contributed by atoms with van der Waals surface area (Å²) < 4.78 is 12.2. The van der Waals surface area contributed by atoms with E-state index in [1.165, 1.54) is 0 Å². The second-order valence-electron chi connectivity index (χ2n) is 6.53. The molecule has 0 fully saturated rings. The van der Waals surface area contributed by atoms with Crippen molar-refractivity contribution < 1.29 is 19.1 Å². The highest BCUT2D eigenvalue weighted by Crippen LogP contribution is 2.36. The lowest BCUT2D eigenvalue weighted by Gasteiger charge is -2.30. The third kappa shape index (κ3) is 4.28. The number of nitrogens with one attached hydrogen (secondary N) is 1. The standard InChI is InChI=1S/C19H24N4O4/c1-22-11-13(10-20-22)12-23(6-7-26-2)19(25)16-9-18(24)21-17-5-4-14(27-3)8-15(16)17/h4-5,8,10-11,16H,6-7,9,12H2,1-3H3,(H,21,24). The summed E-state index contributed by atoms with van der Waals surface area (Å²) in [4.78, 5) is 27.2. The molecule has 0 saturated heterocycles. The molecule has 3 rings (SSSR count). The number of amides is 2. The van der Waals surface area contributed by atoms with Gasteiger partial charge in [-0.05, 0) is 23.8 Å². The van der Waals surface area contributed by atoms with Crippen LogP contribution in [0.4, 0.5) is 5.69 Å². The smallest absolute Gasteiger partial charge is 0.231 e. The summed E-state index contributed by atoms with van der Waals surface area (Å²) in [7, 11) is 5.01. The van der Waals surface area contributed by atoms with Crippen LogP contribution in [0.1, 0.15) is 23.5 Å². The summed E-state index contributed by atoms with van der Waals surface area (Å²) in [5, 5.41) is 6.99. The Labute approximate surface area is 158 Å². The number of benzene rings is 1. The molecular formula is C19H24N4O4. The molecule has 1 aliphatic rings. The van der Waals surface area contributed by atoms with Gasteiger partial charge in [-0.2, -0.15) is 5.10 Å². The van der Waals surface area contributed by atoms with E-state index >= 15 is 0 Å². The average Bonchev–Trinajstić information content (AvgIpc) is 3.08. The van der Waals surface area contributed by atoms with Gasteiger partial charge in [0.2, 0.25) is 11.8 Å². The van der Waals surface area contributed by atoms with Crippen molar-refractivity contribution in [3.8, 4) is 5.75 Å². The number of nitrogens with zero attached hydrogens (tertiary/aromatic N) is 3. The molecule has 1 aromatic heterocycles. The van der Waals surface area contributed by atoms with Crippen LogP contribution in [0.2, 0.25) is 0 Å². The minimum absolute atomic E-state index is 0.107. The van der Waals surface area contributed by atoms with Crippen LogP contribution < -0.4 is 10.1 Å². The van der Waals surface area contributed by atoms with Crippen LogP contribution in [0.15, 0.2) is 30.6 Å². The fourth-order valence-corrected chi connectivity index (χ4v) is 3.25. The van der Waals surface area contributed by atoms with Crippen LogP contribution in [0.5, 0.6) is 5.75 Å². The molecule has 0 spiro atoms. The molecule has 2 aromatic rings. The SMILES string of the molecule is COCCN(Cc1cnn(C)c1)C(=O)C1CC(=O)Nc2ccc(OC)cc21. The van der Waals surface area contributed by atoms with Crippen molar-refractivity contribution in [2.45, 2.75) is 18.9 Å². The molecule has 27 heavy (non-hydrogen) atoms. The van der Waals surface area contributed by atoms with Gasteiger partial charge in [0.15, 0.2) is 0 Å². The van der Waals surface area contributed by atoms with Gasteiger partial charge in [-0.3, -0.25) is 14.3 Å². The van der Waals surface area contributed by atoms with E-state index in [9.17, 15) is 9.59 Å². The number of carbonyl (C=O) groups is 2. The third-order valence-corrected chi connectivity index (χ3v) is 4.60. The highest BCUT2D eigenvalue weighted by atomic mass is 16.5. The fraction of sp³-hybridized carbons (Fsp3) is 0.421. The number of fused-ring (bicyclic) bond motifs is 1. The summed E-state index contributed by atoms with van der Waals surface area (Å²) >= 11 is 0. The van der Waals surface area contributed by atoms with Gasteiger partial charge in [-0.15, -0.1) is 0 Å². The molecule has 8 heteroatoms. The topological polar surface area (TPSA) is 85.7 Å². The first-order valence-electron chi connectivity index (χ1n) is 8.75. The Kier molecular flexibility index (Phi) is 5.75. The normalized spacial score (nSPS) is 15.8. The molecule has 0 aliphatic carbocycles. The molecular weight excluding hydrogens is 348 g/mol. The van der Waals surface area contributed by atoms with Crippen molar-refractivity contribution in [2.75, 3.05) is 32.7 Å². The zero-order valence-electron chi connectivity index (χ0n) is 15.8. The van der Waals surface area contributed by atoms with E-state index in [1.807, 2.05) is 19.3 Å². The van der Waals surface area contributed by atoms with Crippen molar-refractivity contribution in [3.05, 3.63) is 41.7 Å². The van der Waals surface area contributed by atoms with Crippen molar-refractivity contribution in [2.24, 2.45) is 7.05 Å². The Bertz CT molecular complexity index is 833. The Morgan fingerprint density at radius 1 is 1.41 bits per heavy atom. The van der Waals surface area contributed by atoms with E-state index in [1.54, 1.807) is 42.1 Å². The van der Waals surface area contributed by atoms with Gasteiger partial charge >= 0.3 is 0 Å². The monoisotopic (exact) mass is 372 g/mol. The van der Waals surface area contributed by atoms with E-state index < -0.39 is 5.92 Å². The maximum Gasteiger partial charge on any atom is 0.231 e. The second-order valence-corrected chi connectivity index (χ2v) is 6.53. The molecule has 2 heterocycles. The van der Waals surface area contributed by atoms with Gasteiger partial charge in [0.25, 0.3) is 0 Å². The highest BCUT2D eigenvalue weighted by molar-refractivity contribution is 6.01. The van der Waals surface area contributed by atoms with E-state index in [4.69, 9.17) is 9.47 Å². The highest BCUT2D eigenvalue weighted by Gasteiger charge is 2.34. The van der Waals surface area contributed by atoms with Gasteiger partial charge in [0, 0.05) is 51.1 Å². The molecule has 1 aromatic carbocycles. The zero-order valence-corrected chi connectivity index (χ0v) is 15.8. The summed E-state index contributed by atoms with van der Waals surface area (Å²) in [6, 6.07) is 5.35. The van der Waals surface area contributed by atoms with Crippen LogP contribution in [0, 0.1) is 0 Å². The van der Waals surface area contributed by atoms with Crippen LogP contribution in [0.25, 0.3) is 0 Å². The van der Waals surface area contributed by atoms with Crippen molar-refractivity contribution in [3.63, 3.8) is 0 Å². The number of carbonyl (C=O) groups excluding carboxylic acids is 2. The third-order valence-electron chi connectivity index (χ3n) is 4.60. The quantitative estimate of drug-likeness (QED) is 0.797. The second kappa shape index (κ2) is 8.22. The maximum atomic E-state index is 13.3. The Balaban J connectivity index is 1.89. The number of aryl methyl sites for hydroxylation is 1. The van der Waals surface area contributed by atoms with Gasteiger partial charge < -0.3 is 19.7 Å². The molecule has 8 nitrogen and oxygen atoms in total. The van der Waals surface area contributed by atoms with Crippen molar-refractivity contribution in [1.82, 2.24) is 14.7 Å².